The van der Waals surface area contributed by atoms with Gasteiger partial charge in [-0.3, -0.25) is 4.74 Å². The van der Waals surface area contributed by atoms with Gasteiger partial charge in [0.05, 0.1) is 0 Å². The van der Waals surface area contributed by atoms with Gasteiger partial charge in [-0.15, -0.1) is 0 Å². The summed E-state index contributed by atoms with van der Waals surface area (Å²) in [6.45, 7) is 27.7. The zero-order valence-electron chi connectivity index (χ0n) is 25.6. The Labute approximate surface area is 236 Å². The molecule has 3 heteroatoms. The van der Waals surface area contributed by atoms with Crippen molar-refractivity contribution in [3.8, 4) is 0 Å². The monoisotopic (exact) mass is 537 g/mol. The minimum Gasteiger partial charge on any atom is -0.271 e. The number of nitrogens with zero attached hydrogens (tertiary/aromatic N) is 1. The molecule has 3 unspecified atom stereocenters. The second kappa shape index (κ2) is 18.2. The number of hydrogen-bond donors (Lipinski definition) is 0. The van der Waals surface area contributed by atoms with Crippen molar-refractivity contribution in [2.75, 3.05) is 0 Å². The van der Waals surface area contributed by atoms with Crippen molar-refractivity contribution in [1.82, 2.24) is 0 Å². The fourth-order valence-corrected chi connectivity index (χ4v) is 10.7. The van der Waals surface area contributed by atoms with Crippen LogP contribution in [0.5, 0.6) is 0 Å². The molecule has 0 amide bonds. The molecule has 0 aromatic carbocycles. The quantitative estimate of drug-likeness (QED) is 0.141. The summed E-state index contributed by atoms with van der Waals surface area (Å²) >= 11 is 0. The van der Waals surface area contributed by atoms with E-state index in [0.29, 0.717) is 10.8 Å². The molecule has 0 bridgehead atoms. The molecular weight excluding hydrogens is 477 g/mol. The predicted molar refractivity (Wildman–Crippen MR) is 161 cm³/mol. The van der Waals surface area contributed by atoms with Crippen LogP contribution in [0.15, 0.2) is 53.0 Å². The maximum atomic E-state index is 5.57. The van der Waals surface area contributed by atoms with E-state index in [-0.39, 0.29) is 21.7 Å². The Morgan fingerprint density at radius 1 is 0.771 bits per heavy atom. The summed E-state index contributed by atoms with van der Waals surface area (Å²) < 4.78 is 5.57. The fourth-order valence-electron chi connectivity index (χ4n) is 4.89. The first-order valence-electron chi connectivity index (χ1n) is 14.1. The van der Waals surface area contributed by atoms with Gasteiger partial charge >= 0.3 is 0 Å². The molecule has 0 aromatic heterocycles. The molecule has 1 aliphatic rings. The van der Waals surface area contributed by atoms with Crippen molar-refractivity contribution in [2.24, 2.45) is 15.6 Å². The standard InChI is InChI=1S/C20H38NP.C12H22.Ti/c1-7-12-17(4)22(18(5)13-8-2,19(6)14-9-3)21-20-15-10-11-16-20;1-11(2,3)9-7-8-10-12(4,5)6;/h10-11,15,17-19H,7-9,12-14,16H2,1-6H3;7-10H,1-6H3;. The summed E-state index contributed by atoms with van der Waals surface area (Å²) in [5, 5.41) is 0. The number of allylic oxidation sites excluding steroid dienone is 7. The van der Waals surface area contributed by atoms with Gasteiger partial charge in [0.25, 0.3) is 0 Å². The van der Waals surface area contributed by atoms with E-state index in [0.717, 1.165) is 23.4 Å². The first-order chi connectivity index (χ1) is 15.7. The molecule has 0 saturated heterocycles. The van der Waals surface area contributed by atoms with Crippen LogP contribution in [-0.2, 0) is 21.7 Å². The summed E-state index contributed by atoms with van der Waals surface area (Å²) in [6.07, 6.45) is 24.3. The molecule has 0 radical (unpaired) electrons. The van der Waals surface area contributed by atoms with Gasteiger partial charge in [-0.1, -0.05) is 139 Å². The van der Waals surface area contributed by atoms with Crippen LogP contribution in [0.1, 0.15) is 128 Å². The van der Waals surface area contributed by atoms with Crippen LogP contribution in [0.2, 0.25) is 0 Å². The second-order valence-electron chi connectivity index (χ2n) is 12.5. The van der Waals surface area contributed by atoms with E-state index in [4.69, 9.17) is 4.74 Å². The predicted octanol–water partition coefficient (Wildman–Crippen LogP) is 11.8. The fraction of sp³-hybridized carbons (Fsp3) is 0.750. The van der Waals surface area contributed by atoms with Crippen molar-refractivity contribution < 1.29 is 21.7 Å². The largest absolute Gasteiger partial charge is 0.271 e. The molecule has 1 rings (SSSR count). The third-order valence-corrected chi connectivity index (χ3v) is 12.2. The molecule has 0 N–H and O–H groups in total. The minimum atomic E-state index is -1.35. The van der Waals surface area contributed by atoms with Crippen molar-refractivity contribution in [3.05, 3.63) is 48.2 Å². The molecule has 202 valence electrons. The van der Waals surface area contributed by atoms with Gasteiger partial charge in [-0.05, 0) is 60.2 Å². The minimum absolute atomic E-state index is 0. The summed E-state index contributed by atoms with van der Waals surface area (Å²) in [5.74, 6) is 0. The summed E-state index contributed by atoms with van der Waals surface area (Å²) in [5.41, 5.74) is 4.23. The molecule has 0 spiro atoms. The molecule has 35 heavy (non-hydrogen) atoms. The van der Waals surface area contributed by atoms with Gasteiger partial charge in [-0.2, -0.15) is 0 Å². The molecule has 0 heterocycles. The topological polar surface area (TPSA) is 12.4 Å². The van der Waals surface area contributed by atoms with Crippen LogP contribution in [0.4, 0.5) is 0 Å². The van der Waals surface area contributed by atoms with Gasteiger partial charge in [0, 0.05) is 33.8 Å². The van der Waals surface area contributed by atoms with E-state index in [9.17, 15) is 0 Å². The van der Waals surface area contributed by atoms with E-state index in [1.54, 1.807) is 0 Å². The Balaban J connectivity index is 0. The molecule has 0 fully saturated rings. The van der Waals surface area contributed by atoms with Gasteiger partial charge in [0.15, 0.2) is 0 Å². The maximum Gasteiger partial charge on any atom is 0.0425 e. The molecular formula is C32H60NPTi. The van der Waals surface area contributed by atoms with Crippen molar-refractivity contribution in [2.45, 2.75) is 145 Å². The van der Waals surface area contributed by atoms with Crippen LogP contribution in [0.25, 0.3) is 0 Å². The van der Waals surface area contributed by atoms with Crippen LogP contribution in [0, 0.1) is 10.8 Å². The molecule has 0 aromatic rings. The van der Waals surface area contributed by atoms with E-state index < -0.39 is 7.05 Å². The Kier molecular flexibility index (Phi) is 19.3. The van der Waals surface area contributed by atoms with E-state index >= 15 is 0 Å². The van der Waals surface area contributed by atoms with E-state index in [2.05, 4.69) is 126 Å². The Hall–Kier alpha value is -0.0957. The summed E-state index contributed by atoms with van der Waals surface area (Å²) in [6, 6.07) is 0. The molecule has 3 atom stereocenters. The van der Waals surface area contributed by atoms with Gasteiger partial charge in [0.2, 0.25) is 0 Å². The van der Waals surface area contributed by atoms with Gasteiger partial charge in [-0.25, -0.2) is 0 Å². The molecule has 0 aliphatic heterocycles. The molecule has 1 nitrogen and oxygen atoms in total. The van der Waals surface area contributed by atoms with E-state index in [1.807, 2.05) is 0 Å². The van der Waals surface area contributed by atoms with Gasteiger partial charge < -0.3 is 0 Å². The zero-order chi connectivity index (χ0) is 26.4. The Morgan fingerprint density at radius 3 is 1.40 bits per heavy atom. The molecule has 1 aliphatic carbocycles. The average Bonchev–Trinajstić information content (AvgIpc) is 3.22. The van der Waals surface area contributed by atoms with Crippen LogP contribution in [0.3, 0.4) is 0 Å². The van der Waals surface area contributed by atoms with Crippen molar-refractivity contribution in [3.63, 3.8) is 0 Å². The van der Waals surface area contributed by atoms with Crippen LogP contribution in [-0.4, -0.2) is 17.0 Å². The third kappa shape index (κ3) is 15.0. The van der Waals surface area contributed by atoms with Crippen LogP contribution < -0.4 is 0 Å². The average molecular weight is 538 g/mol. The first kappa shape index (κ1) is 37.1. The normalized spacial score (nSPS) is 18.3. The van der Waals surface area contributed by atoms with Crippen LogP contribution >= 0.6 is 7.05 Å². The Morgan fingerprint density at radius 2 is 1.14 bits per heavy atom. The van der Waals surface area contributed by atoms with Crippen molar-refractivity contribution >= 4 is 7.05 Å². The van der Waals surface area contributed by atoms with E-state index in [1.165, 1.54) is 44.2 Å². The second-order valence-corrected chi connectivity index (χ2v) is 17.0. The smallest absolute Gasteiger partial charge is 0.0425 e. The first-order valence-corrected chi connectivity index (χ1v) is 16.0. The molecule has 0 saturated carbocycles. The zero-order valence-corrected chi connectivity index (χ0v) is 28.1. The summed E-state index contributed by atoms with van der Waals surface area (Å²) in [4.78, 5) is 0. The number of rotatable bonds is 11. The summed E-state index contributed by atoms with van der Waals surface area (Å²) in [7, 11) is -1.35. The van der Waals surface area contributed by atoms with Crippen molar-refractivity contribution in [1.29, 1.82) is 0 Å². The third-order valence-electron chi connectivity index (χ3n) is 6.59. The SMILES string of the molecule is CC(C)(C)C=CC=CC(C)(C)C.CCCC(C)P(=NC1=CC=CC1)(C(C)CCC)C(C)CCC.[Ti]. The maximum absolute atomic E-state index is 5.57. The Bertz CT molecular complexity index is 668. The number of hydrogen-bond acceptors (Lipinski definition) is 1. The van der Waals surface area contributed by atoms with Gasteiger partial charge in [0.1, 0.15) is 0 Å².